The number of urea groups is 1. The first kappa shape index (κ1) is 32.7. The number of ether oxygens (including phenoxy) is 1. The van der Waals surface area contributed by atoms with Crippen LogP contribution in [0.3, 0.4) is 0 Å². The van der Waals surface area contributed by atoms with Gasteiger partial charge in [-0.05, 0) is 26.0 Å². The fourth-order valence-electron chi connectivity index (χ4n) is 3.96. The predicted octanol–water partition coefficient (Wildman–Crippen LogP) is 4.03. The molecule has 0 aliphatic heterocycles. The molecule has 0 fully saturated rings. The van der Waals surface area contributed by atoms with Crippen molar-refractivity contribution in [3.8, 4) is 21.7 Å². The minimum Gasteiger partial charge on any atom is -0.459 e. The average Bonchev–Trinajstić information content (AvgIpc) is 3.46. The quantitative estimate of drug-likeness (QED) is 0.109. The van der Waals surface area contributed by atoms with Crippen LogP contribution < -0.4 is 16.1 Å². The van der Waals surface area contributed by atoms with E-state index in [0.29, 0.717) is 17.9 Å². The minimum absolute atomic E-state index is 0.0216. The number of thiazole rings is 1. The summed E-state index contributed by atoms with van der Waals surface area (Å²) in [5.41, 5.74) is -1.47. The number of aromatic nitrogens is 4. The number of hydrogen-bond donors (Lipinski definition) is 4. The molecule has 234 valence electrons. The third-order valence-corrected chi connectivity index (χ3v) is 7.26. The summed E-state index contributed by atoms with van der Waals surface area (Å²) in [4.78, 5) is 68.0. The van der Waals surface area contributed by atoms with Gasteiger partial charge in [-0.25, -0.2) is 29.1 Å². The van der Waals surface area contributed by atoms with E-state index in [1.807, 2.05) is 0 Å². The zero-order valence-corrected chi connectivity index (χ0v) is 24.6. The summed E-state index contributed by atoms with van der Waals surface area (Å²) in [6, 6.07) is 2.14. The summed E-state index contributed by atoms with van der Waals surface area (Å²) in [6.45, 7) is 2.84. The smallest absolute Gasteiger partial charge is 0.459 e. The number of nitrogens with zero attached hydrogens (tertiary/aromatic N) is 4. The van der Waals surface area contributed by atoms with Gasteiger partial charge in [0.15, 0.2) is 5.69 Å². The van der Waals surface area contributed by atoms with E-state index in [4.69, 9.17) is 14.5 Å². The molecule has 19 heteroatoms. The number of carbonyl (C=O) groups is 2. The first-order chi connectivity index (χ1) is 20.7. The van der Waals surface area contributed by atoms with Gasteiger partial charge in [0.05, 0.1) is 12.0 Å². The molecule has 4 heterocycles. The first-order valence-electron chi connectivity index (χ1n) is 12.7. The molecule has 4 aromatic rings. The third-order valence-electron chi connectivity index (χ3n) is 5.87. The van der Waals surface area contributed by atoms with Gasteiger partial charge in [-0.15, -0.1) is 11.3 Å². The highest BCUT2D eigenvalue weighted by molar-refractivity contribution is 7.46. The molecule has 0 aliphatic rings. The fraction of sp³-hybridized carbons (Fsp3) is 0.280. The number of alkyl halides is 3. The van der Waals surface area contributed by atoms with Gasteiger partial charge in [-0.3, -0.25) is 14.6 Å². The van der Waals surface area contributed by atoms with E-state index >= 15 is 0 Å². The maximum atomic E-state index is 13.4. The number of pyridine rings is 3. The van der Waals surface area contributed by atoms with Gasteiger partial charge in [0, 0.05) is 53.8 Å². The Kier molecular flexibility index (Phi) is 9.80. The summed E-state index contributed by atoms with van der Waals surface area (Å²) in [5, 5.41) is 5.78. The predicted molar refractivity (Wildman–Crippen MR) is 152 cm³/mol. The van der Waals surface area contributed by atoms with Gasteiger partial charge in [0.1, 0.15) is 28.6 Å². The highest BCUT2D eigenvalue weighted by Crippen LogP contribution is 2.39. The van der Waals surface area contributed by atoms with Gasteiger partial charge in [0.2, 0.25) is 5.43 Å². The van der Waals surface area contributed by atoms with Crippen molar-refractivity contribution in [2.75, 3.05) is 25.1 Å². The van der Waals surface area contributed by atoms with Gasteiger partial charge in [-0.2, -0.15) is 13.2 Å². The molecule has 4 aromatic heterocycles. The first-order valence-corrected chi connectivity index (χ1v) is 15.1. The number of phosphoric ester groups is 1. The van der Waals surface area contributed by atoms with Crippen molar-refractivity contribution < 1.29 is 46.4 Å². The number of hydrogen-bond acceptors (Lipinski definition) is 10. The molecule has 14 nitrogen and oxygen atoms in total. The minimum atomic E-state index is -4.79. The van der Waals surface area contributed by atoms with Crippen molar-refractivity contribution >= 4 is 48.0 Å². The Morgan fingerprint density at radius 1 is 1.11 bits per heavy atom. The van der Waals surface area contributed by atoms with Crippen LogP contribution in [-0.2, 0) is 26.5 Å². The molecular weight excluding hydrogens is 632 g/mol. The topological polar surface area (TPSA) is 195 Å². The molecule has 44 heavy (non-hydrogen) atoms. The number of anilines is 1. The van der Waals surface area contributed by atoms with Gasteiger partial charge >= 0.3 is 26.0 Å². The molecule has 0 atom stereocenters. The normalized spacial score (nSPS) is 11.9. The molecule has 2 amide bonds. The monoisotopic (exact) mass is 656 g/mol. The van der Waals surface area contributed by atoms with Gasteiger partial charge < -0.3 is 24.4 Å². The zero-order valence-electron chi connectivity index (χ0n) is 22.9. The summed E-state index contributed by atoms with van der Waals surface area (Å²) in [6.07, 6.45) is -0.813. The number of aryl methyl sites for hydroxylation is 1. The van der Waals surface area contributed by atoms with E-state index in [0.717, 1.165) is 5.38 Å². The molecule has 4 rings (SSSR count). The van der Waals surface area contributed by atoms with E-state index < -0.39 is 55.9 Å². The number of carbonyl (C=O) groups excluding carboxylic acids is 2. The van der Waals surface area contributed by atoms with Gasteiger partial charge in [-0.1, -0.05) is 0 Å². The second-order valence-electron chi connectivity index (χ2n) is 8.85. The van der Waals surface area contributed by atoms with Crippen molar-refractivity contribution in [3.05, 3.63) is 57.6 Å². The van der Waals surface area contributed by atoms with Gasteiger partial charge in [0.25, 0.3) is 0 Å². The number of halogens is 3. The Labute approximate surface area is 250 Å². The van der Waals surface area contributed by atoms with Crippen LogP contribution in [0.5, 0.6) is 0 Å². The third kappa shape index (κ3) is 7.64. The Bertz CT molecular complexity index is 1820. The number of rotatable bonds is 10. The Morgan fingerprint density at radius 3 is 2.50 bits per heavy atom. The lowest BCUT2D eigenvalue weighted by Gasteiger charge is -2.14. The summed E-state index contributed by atoms with van der Waals surface area (Å²) < 4.78 is 61.6. The van der Waals surface area contributed by atoms with Crippen molar-refractivity contribution in [3.63, 3.8) is 0 Å². The molecule has 0 spiro atoms. The maximum Gasteiger partial charge on any atom is 0.469 e. The number of amides is 2. The number of nitrogens with one attached hydrogen (secondary N) is 2. The number of fused-ring (bicyclic) bond motifs is 1. The van der Waals surface area contributed by atoms with Crippen molar-refractivity contribution in [2.45, 2.75) is 26.6 Å². The summed E-state index contributed by atoms with van der Waals surface area (Å²) in [5.74, 6) is -1.06. The lowest BCUT2D eigenvalue weighted by Crippen LogP contribution is -2.28. The maximum absolute atomic E-state index is 13.4. The van der Waals surface area contributed by atoms with E-state index in [2.05, 4.69) is 30.1 Å². The standard InChI is InChI=1S/C25H24F3N6O8PS/c1-3-29-24(37)33-19-8-14(22-32-18(12-44-22)25(26,27)28)16(10-30-19)13-7-15-20(35)17(11-34(4-2)21(15)31-9-13)23(36)41-5-6-42-43(38,39)40/h7-12H,3-6H2,1-2H3,(H2,38,39,40)(H2,29,30,33,37). The van der Waals surface area contributed by atoms with E-state index in [9.17, 15) is 32.1 Å². The SMILES string of the molecule is CCNC(=O)Nc1cc(-c2nc(C(F)(F)F)cs2)c(-c2cnc3c(c2)c(=O)c(C(=O)OCCOP(=O)(O)O)cn3CC)cn1. The zero-order chi connectivity index (χ0) is 32.2. The lowest BCUT2D eigenvalue weighted by molar-refractivity contribution is -0.140. The summed E-state index contributed by atoms with van der Waals surface area (Å²) in [7, 11) is -4.79. The van der Waals surface area contributed by atoms with Crippen LogP contribution in [0.15, 0.2) is 40.9 Å². The fourth-order valence-corrected chi connectivity index (χ4v) is 5.12. The van der Waals surface area contributed by atoms with Crippen molar-refractivity contribution in [1.82, 2.24) is 24.8 Å². The number of phosphoric acid groups is 1. The van der Waals surface area contributed by atoms with Crippen LogP contribution in [-0.4, -0.2) is 61.1 Å². The molecule has 0 aromatic carbocycles. The van der Waals surface area contributed by atoms with Crippen LogP contribution in [0.4, 0.5) is 23.8 Å². The van der Waals surface area contributed by atoms with Crippen LogP contribution >= 0.6 is 19.2 Å². The van der Waals surface area contributed by atoms with E-state index in [-0.39, 0.29) is 45.1 Å². The van der Waals surface area contributed by atoms with Crippen molar-refractivity contribution in [1.29, 1.82) is 0 Å². The lowest BCUT2D eigenvalue weighted by atomic mass is 10.0. The Balaban J connectivity index is 1.80. The highest BCUT2D eigenvalue weighted by atomic mass is 32.1. The molecule has 0 saturated heterocycles. The molecule has 0 saturated carbocycles. The molecular formula is C25H24F3N6O8PS. The largest absolute Gasteiger partial charge is 0.469 e. The van der Waals surface area contributed by atoms with E-state index in [1.165, 1.54) is 35.3 Å². The molecule has 0 aliphatic carbocycles. The highest BCUT2D eigenvalue weighted by Gasteiger charge is 2.34. The molecule has 4 N–H and O–H groups in total. The number of esters is 1. The molecule has 0 unspecified atom stereocenters. The second-order valence-corrected chi connectivity index (χ2v) is 10.9. The summed E-state index contributed by atoms with van der Waals surface area (Å²) >= 11 is 0.712. The Hall–Kier alpha value is -4.22. The van der Waals surface area contributed by atoms with Crippen LogP contribution in [0.1, 0.15) is 29.9 Å². The van der Waals surface area contributed by atoms with Crippen LogP contribution in [0.2, 0.25) is 0 Å². The van der Waals surface area contributed by atoms with Crippen molar-refractivity contribution in [2.24, 2.45) is 0 Å². The second kappa shape index (κ2) is 13.2. The van der Waals surface area contributed by atoms with E-state index in [1.54, 1.807) is 13.8 Å². The average molecular weight is 657 g/mol. The molecule has 0 bridgehead atoms. The Morgan fingerprint density at radius 2 is 1.86 bits per heavy atom. The van der Waals surface area contributed by atoms with Crippen LogP contribution in [0.25, 0.3) is 32.7 Å². The molecule has 0 radical (unpaired) electrons. The van der Waals surface area contributed by atoms with Crippen LogP contribution in [0, 0.1) is 0 Å².